The van der Waals surface area contributed by atoms with E-state index in [9.17, 15) is 13.2 Å². The van der Waals surface area contributed by atoms with E-state index in [0.29, 0.717) is 10.7 Å². The Morgan fingerprint density at radius 1 is 0.968 bits per heavy atom. The van der Waals surface area contributed by atoms with E-state index in [1.165, 1.54) is 48.5 Å². The normalized spacial score (nSPS) is 11.3. The number of anilines is 2. The molecule has 3 aromatic carbocycles. The molecule has 0 aliphatic heterocycles. The van der Waals surface area contributed by atoms with E-state index in [1.807, 2.05) is 12.1 Å². The van der Waals surface area contributed by atoms with Gasteiger partial charge in [-0.05, 0) is 66.2 Å². The van der Waals surface area contributed by atoms with Gasteiger partial charge < -0.3 is 10.1 Å². The maximum absolute atomic E-state index is 12.6. The van der Waals surface area contributed by atoms with Gasteiger partial charge >= 0.3 is 0 Å². The lowest BCUT2D eigenvalue weighted by atomic mass is 10.2. The molecule has 0 saturated carbocycles. The molecule has 0 saturated heterocycles. The first-order chi connectivity index (χ1) is 14.8. The summed E-state index contributed by atoms with van der Waals surface area (Å²) in [4.78, 5) is 12.1. The van der Waals surface area contributed by atoms with Gasteiger partial charge in [0.25, 0.3) is 10.0 Å². The van der Waals surface area contributed by atoms with E-state index in [-0.39, 0.29) is 21.5 Å². The number of sulfonamides is 1. The largest absolute Gasteiger partial charge is 0.497 e. The summed E-state index contributed by atoms with van der Waals surface area (Å²) < 4.78 is 32.6. The number of hydrogen-bond acceptors (Lipinski definition) is 4. The quantitative estimate of drug-likeness (QED) is 0.443. The number of hydrogen-bond donors (Lipinski definition) is 2. The number of carbonyl (C=O) groups is 1. The highest BCUT2D eigenvalue weighted by Gasteiger charge is 2.16. The predicted octanol–water partition coefficient (Wildman–Crippen LogP) is 5.45. The van der Waals surface area contributed by atoms with Gasteiger partial charge in [0.1, 0.15) is 5.75 Å². The monoisotopic (exact) mass is 476 g/mol. The first-order valence-corrected chi connectivity index (χ1v) is 11.2. The van der Waals surface area contributed by atoms with Gasteiger partial charge in [0, 0.05) is 16.8 Å². The van der Waals surface area contributed by atoms with Crippen LogP contribution in [-0.2, 0) is 14.8 Å². The molecule has 0 unspecified atom stereocenters. The Balaban J connectivity index is 1.64. The molecular weight excluding hydrogens is 459 g/mol. The summed E-state index contributed by atoms with van der Waals surface area (Å²) in [6, 6.07) is 17.4. The third-order valence-corrected chi connectivity index (χ3v) is 6.08. The number of amides is 1. The molecule has 0 spiro atoms. The van der Waals surface area contributed by atoms with Crippen molar-refractivity contribution < 1.29 is 17.9 Å². The molecule has 0 atom stereocenters. The van der Waals surface area contributed by atoms with Crippen molar-refractivity contribution in [2.24, 2.45) is 0 Å². The van der Waals surface area contributed by atoms with Crippen LogP contribution in [0.2, 0.25) is 10.0 Å². The molecule has 31 heavy (non-hydrogen) atoms. The minimum Gasteiger partial charge on any atom is -0.497 e. The minimum absolute atomic E-state index is 0.0188. The SMILES string of the molecule is COc1ccc(/C=C/C(=O)Nc2ccc(S(=O)(=O)Nc3ccc(Cl)cc3Cl)cc2)cc1. The third-order valence-electron chi connectivity index (χ3n) is 4.15. The number of rotatable bonds is 7. The molecule has 0 bridgehead atoms. The van der Waals surface area contributed by atoms with Crippen molar-refractivity contribution in [3.05, 3.63) is 88.4 Å². The molecule has 0 aliphatic rings. The van der Waals surface area contributed by atoms with Crippen molar-refractivity contribution in [2.45, 2.75) is 4.90 Å². The minimum atomic E-state index is -3.86. The Kier molecular flexibility index (Phi) is 7.22. The first-order valence-electron chi connectivity index (χ1n) is 8.98. The lowest BCUT2D eigenvalue weighted by Gasteiger charge is -2.10. The van der Waals surface area contributed by atoms with Crippen molar-refractivity contribution >= 4 is 56.6 Å². The summed E-state index contributed by atoms with van der Waals surface area (Å²) in [5.74, 6) is 0.377. The summed E-state index contributed by atoms with van der Waals surface area (Å²) in [5, 5.41) is 3.26. The zero-order valence-electron chi connectivity index (χ0n) is 16.3. The number of nitrogens with one attached hydrogen (secondary N) is 2. The van der Waals surface area contributed by atoms with Crippen LogP contribution in [0.5, 0.6) is 5.75 Å². The van der Waals surface area contributed by atoms with Gasteiger partial charge in [-0.25, -0.2) is 8.42 Å². The number of halogens is 2. The van der Waals surface area contributed by atoms with Crippen LogP contribution < -0.4 is 14.8 Å². The van der Waals surface area contributed by atoms with Crippen molar-refractivity contribution in [3.8, 4) is 5.75 Å². The van der Waals surface area contributed by atoms with Gasteiger partial charge in [0.05, 0.1) is 22.7 Å². The Labute approximate surface area is 190 Å². The number of benzene rings is 3. The number of methoxy groups -OCH3 is 1. The Morgan fingerprint density at radius 3 is 2.26 bits per heavy atom. The molecular formula is C22H18Cl2N2O4S. The van der Waals surface area contributed by atoms with E-state index in [2.05, 4.69) is 10.0 Å². The predicted molar refractivity (Wildman–Crippen MR) is 124 cm³/mol. The summed E-state index contributed by atoms with van der Waals surface area (Å²) in [6.07, 6.45) is 3.05. The van der Waals surface area contributed by atoms with Gasteiger partial charge in [-0.1, -0.05) is 35.3 Å². The molecule has 9 heteroatoms. The van der Waals surface area contributed by atoms with Crippen LogP contribution in [0, 0.1) is 0 Å². The lowest BCUT2D eigenvalue weighted by molar-refractivity contribution is -0.111. The molecule has 0 fully saturated rings. The third kappa shape index (κ3) is 6.24. The van der Waals surface area contributed by atoms with Crippen molar-refractivity contribution in [3.63, 3.8) is 0 Å². The maximum Gasteiger partial charge on any atom is 0.261 e. The number of ether oxygens (including phenoxy) is 1. The van der Waals surface area contributed by atoms with Gasteiger partial charge in [0.2, 0.25) is 5.91 Å². The Bertz CT molecular complexity index is 1210. The Morgan fingerprint density at radius 2 is 1.65 bits per heavy atom. The molecule has 160 valence electrons. The van der Waals surface area contributed by atoms with Crippen molar-refractivity contribution in [1.82, 2.24) is 0 Å². The zero-order valence-corrected chi connectivity index (χ0v) is 18.6. The lowest BCUT2D eigenvalue weighted by Crippen LogP contribution is -2.13. The standard InChI is InChI=1S/C22H18Cl2N2O4S/c1-30-18-8-2-15(3-9-18)4-13-22(27)25-17-6-10-19(11-7-17)31(28,29)26-21-12-5-16(23)14-20(21)24/h2-14,26H,1H3,(H,25,27)/b13-4+. The van der Waals surface area contributed by atoms with Crippen LogP contribution in [0.1, 0.15) is 5.56 Å². The van der Waals surface area contributed by atoms with Crippen LogP contribution >= 0.6 is 23.2 Å². The average Bonchev–Trinajstić information content (AvgIpc) is 2.75. The van der Waals surface area contributed by atoms with Crippen LogP contribution in [0.15, 0.2) is 77.7 Å². The Hall–Kier alpha value is -3.00. The highest BCUT2D eigenvalue weighted by molar-refractivity contribution is 7.92. The second-order valence-electron chi connectivity index (χ2n) is 6.35. The van der Waals surface area contributed by atoms with Crippen molar-refractivity contribution in [1.29, 1.82) is 0 Å². The second-order valence-corrected chi connectivity index (χ2v) is 8.88. The van der Waals surface area contributed by atoms with Crippen LogP contribution in [0.3, 0.4) is 0 Å². The number of carbonyl (C=O) groups excluding carboxylic acids is 1. The summed E-state index contributed by atoms with van der Waals surface area (Å²) in [6.45, 7) is 0. The molecule has 0 aliphatic carbocycles. The van der Waals surface area contributed by atoms with Crippen LogP contribution in [0.4, 0.5) is 11.4 Å². The topological polar surface area (TPSA) is 84.5 Å². The fourth-order valence-electron chi connectivity index (χ4n) is 2.56. The van der Waals surface area contributed by atoms with E-state index >= 15 is 0 Å². The molecule has 3 aromatic rings. The second kappa shape index (κ2) is 9.87. The van der Waals surface area contributed by atoms with E-state index < -0.39 is 10.0 Å². The molecule has 0 radical (unpaired) electrons. The zero-order chi connectivity index (χ0) is 22.4. The summed E-state index contributed by atoms with van der Waals surface area (Å²) in [5.41, 5.74) is 1.50. The summed E-state index contributed by atoms with van der Waals surface area (Å²) >= 11 is 11.9. The molecule has 1 amide bonds. The highest BCUT2D eigenvalue weighted by atomic mass is 35.5. The fraction of sp³-hybridized carbons (Fsp3) is 0.0455. The highest BCUT2D eigenvalue weighted by Crippen LogP contribution is 2.28. The van der Waals surface area contributed by atoms with Gasteiger partial charge in [-0.2, -0.15) is 0 Å². The molecule has 0 heterocycles. The van der Waals surface area contributed by atoms with Gasteiger partial charge in [-0.3, -0.25) is 9.52 Å². The summed E-state index contributed by atoms with van der Waals surface area (Å²) in [7, 11) is -2.28. The molecule has 0 aromatic heterocycles. The average molecular weight is 477 g/mol. The maximum atomic E-state index is 12.6. The molecule has 2 N–H and O–H groups in total. The van der Waals surface area contributed by atoms with Gasteiger partial charge in [0.15, 0.2) is 0 Å². The van der Waals surface area contributed by atoms with Crippen LogP contribution in [-0.4, -0.2) is 21.4 Å². The van der Waals surface area contributed by atoms with E-state index in [4.69, 9.17) is 27.9 Å². The van der Waals surface area contributed by atoms with E-state index in [0.717, 1.165) is 11.3 Å². The van der Waals surface area contributed by atoms with Crippen LogP contribution in [0.25, 0.3) is 6.08 Å². The molecule has 3 rings (SSSR count). The first kappa shape index (κ1) is 22.7. The fourth-order valence-corrected chi connectivity index (χ4v) is 4.16. The smallest absolute Gasteiger partial charge is 0.261 e. The van der Waals surface area contributed by atoms with Gasteiger partial charge in [-0.15, -0.1) is 0 Å². The molecule has 6 nitrogen and oxygen atoms in total. The van der Waals surface area contributed by atoms with E-state index in [1.54, 1.807) is 25.3 Å². The van der Waals surface area contributed by atoms with Crippen molar-refractivity contribution in [2.75, 3.05) is 17.1 Å².